The molecule has 0 aromatic heterocycles. The van der Waals surface area contributed by atoms with E-state index in [2.05, 4.69) is 74.6 Å². The van der Waals surface area contributed by atoms with E-state index in [1.165, 1.54) is 89.9 Å². The van der Waals surface area contributed by atoms with Crippen molar-refractivity contribution in [2.24, 2.45) is 0 Å². The molecule has 58 heavy (non-hydrogen) atoms. The summed E-state index contributed by atoms with van der Waals surface area (Å²) in [5.41, 5.74) is 0. The first-order valence-corrected chi connectivity index (χ1v) is 24.8. The van der Waals surface area contributed by atoms with Crippen molar-refractivity contribution in [1.82, 2.24) is 0 Å². The van der Waals surface area contributed by atoms with Gasteiger partial charge in [0.25, 0.3) is 0 Å². The molecule has 0 heterocycles. The molecule has 3 unspecified atom stereocenters. The molecule has 3 atom stereocenters. The van der Waals surface area contributed by atoms with Gasteiger partial charge in [0.1, 0.15) is 12.2 Å². The number of hydrogen-bond acceptors (Lipinski definition) is 8. The number of phosphoric ester groups is 1. The van der Waals surface area contributed by atoms with Gasteiger partial charge in [-0.25, -0.2) is 4.57 Å². The molecule has 0 aromatic rings. The number of phosphoric acid groups is 1. The highest BCUT2D eigenvalue weighted by Crippen LogP contribution is 2.43. The molecule has 0 bridgehead atoms. The average Bonchev–Trinajstić information content (AvgIpc) is 3.21. The van der Waals surface area contributed by atoms with Crippen LogP contribution in [0.4, 0.5) is 0 Å². The number of carbonyl (C=O) groups is 1. The molecule has 0 saturated carbocycles. The Morgan fingerprint density at radius 1 is 0.552 bits per heavy atom. The van der Waals surface area contributed by atoms with E-state index in [0.29, 0.717) is 13.0 Å². The molecule has 10 heteroatoms. The molecule has 0 rings (SSSR count). The maximum Gasteiger partial charge on any atom is 0.472 e. The standard InChI is InChI=1S/C48H87O9P/c1-3-5-7-9-11-13-15-17-19-20-21-22-23-24-25-26-27-28-30-32-34-36-38-40-48(51)57-47(45-56-58(52,53)55-43-46(50)42-49)44-54-41-39-37-35-33-31-29-18-16-14-12-10-8-6-4-2/h5,7,11,13,17,19,21-22,24-25,46-47,49-50H,3-4,6,8-10,12,14-16,18,20,23,26-45H2,1-2H3,(H,52,53)/b7-5-,13-11-,19-17-,22-21-,25-24-. The lowest BCUT2D eigenvalue weighted by molar-refractivity contribution is -0.154. The minimum atomic E-state index is -4.52. The number of hydrogen-bond donors (Lipinski definition) is 3. The molecule has 0 saturated heterocycles. The maximum atomic E-state index is 12.6. The Labute approximate surface area is 355 Å². The molecule has 0 fully saturated rings. The Morgan fingerprint density at radius 2 is 0.983 bits per heavy atom. The number of esters is 1. The monoisotopic (exact) mass is 839 g/mol. The smallest absolute Gasteiger partial charge is 0.457 e. The summed E-state index contributed by atoms with van der Waals surface area (Å²) in [7, 11) is -4.52. The maximum absolute atomic E-state index is 12.6. The number of allylic oxidation sites excluding steroid dienone is 10. The quantitative estimate of drug-likeness (QED) is 0.0237. The van der Waals surface area contributed by atoms with Gasteiger partial charge < -0.3 is 24.6 Å². The van der Waals surface area contributed by atoms with E-state index in [0.717, 1.165) is 77.0 Å². The first-order valence-electron chi connectivity index (χ1n) is 23.3. The van der Waals surface area contributed by atoms with Crippen molar-refractivity contribution >= 4 is 13.8 Å². The fourth-order valence-electron chi connectivity index (χ4n) is 6.21. The highest BCUT2D eigenvalue weighted by Gasteiger charge is 2.26. The number of unbranched alkanes of at least 4 members (excludes halogenated alkanes) is 20. The molecule has 9 nitrogen and oxygen atoms in total. The molecule has 3 N–H and O–H groups in total. The van der Waals surface area contributed by atoms with Crippen LogP contribution in [0.3, 0.4) is 0 Å². The van der Waals surface area contributed by atoms with E-state index >= 15 is 0 Å². The van der Waals surface area contributed by atoms with Gasteiger partial charge in [-0.3, -0.25) is 13.8 Å². The fraction of sp³-hybridized carbons (Fsp3) is 0.771. The molecular weight excluding hydrogens is 751 g/mol. The molecule has 0 amide bonds. The zero-order valence-electron chi connectivity index (χ0n) is 37.0. The summed E-state index contributed by atoms with van der Waals surface area (Å²) in [6.45, 7) is 3.40. The number of carbonyl (C=O) groups excluding carboxylic acids is 1. The predicted molar refractivity (Wildman–Crippen MR) is 242 cm³/mol. The SMILES string of the molecule is CC/C=C\C/C=C\C/C=C\C/C=C\C/C=C\CCCCCCCCCC(=O)OC(COCCCCCCCCCCCCCCCC)COP(=O)(O)OCC(O)CO. The van der Waals surface area contributed by atoms with Crippen LogP contribution in [0.15, 0.2) is 60.8 Å². The molecule has 338 valence electrons. The normalized spacial score (nSPS) is 14.5. The van der Waals surface area contributed by atoms with E-state index in [1.807, 2.05) is 0 Å². The molecule has 0 aliphatic heterocycles. The van der Waals surface area contributed by atoms with Crippen molar-refractivity contribution < 1.29 is 43.0 Å². The average molecular weight is 839 g/mol. The minimum absolute atomic E-state index is 0.0447. The molecule has 0 aromatic carbocycles. The Balaban J connectivity index is 4.14. The molecule has 0 aliphatic carbocycles. The summed E-state index contributed by atoms with van der Waals surface area (Å²) in [6, 6.07) is 0. The van der Waals surface area contributed by atoms with E-state index in [1.54, 1.807) is 0 Å². The number of ether oxygens (including phenoxy) is 2. The highest BCUT2D eigenvalue weighted by molar-refractivity contribution is 7.47. The van der Waals surface area contributed by atoms with Gasteiger partial charge in [0, 0.05) is 13.0 Å². The zero-order chi connectivity index (χ0) is 42.5. The second-order valence-corrected chi connectivity index (χ2v) is 16.9. The van der Waals surface area contributed by atoms with E-state index in [-0.39, 0.29) is 19.6 Å². The van der Waals surface area contributed by atoms with Gasteiger partial charge in [-0.2, -0.15) is 0 Å². The van der Waals surface area contributed by atoms with Crippen molar-refractivity contribution in [1.29, 1.82) is 0 Å². The second-order valence-electron chi connectivity index (χ2n) is 15.4. The number of aliphatic hydroxyl groups excluding tert-OH is 2. The third-order valence-corrected chi connectivity index (χ3v) is 10.7. The van der Waals surface area contributed by atoms with Crippen LogP contribution in [-0.4, -0.2) is 66.3 Å². The van der Waals surface area contributed by atoms with Gasteiger partial charge in [-0.15, -0.1) is 0 Å². The van der Waals surface area contributed by atoms with Crippen LogP contribution in [0.25, 0.3) is 0 Å². The van der Waals surface area contributed by atoms with Gasteiger partial charge in [0.05, 0.1) is 26.4 Å². The van der Waals surface area contributed by atoms with Gasteiger partial charge in [0.15, 0.2) is 0 Å². The van der Waals surface area contributed by atoms with Crippen molar-refractivity contribution in [3.63, 3.8) is 0 Å². The first-order chi connectivity index (χ1) is 28.3. The Bertz CT molecular complexity index is 1090. The first kappa shape index (κ1) is 56.2. The van der Waals surface area contributed by atoms with Gasteiger partial charge in [-0.05, 0) is 57.8 Å². The largest absolute Gasteiger partial charge is 0.472 e. The lowest BCUT2D eigenvalue weighted by atomic mass is 10.0. The van der Waals surface area contributed by atoms with Crippen LogP contribution in [0, 0.1) is 0 Å². The third kappa shape index (κ3) is 43.7. The summed E-state index contributed by atoms with van der Waals surface area (Å²) in [5.74, 6) is -0.393. The summed E-state index contributed by atoms with van der Waals surface area (Å²) in [5, 5.41) is 18.4. The summed E-state index contributed by atoms with van der Waals surface area (Å²) in [4.78, 5) is 22.6. The van der Waals surface area contributed by atoms with Crippen molar-refractivity contribution in [3.05, 3.63) is 60.8 Å². The number of aliphatic hydroxyl groups is 2. The minimum Gasteiger partial charge on any atom is -0.457 e. The summed E-state index contributed by atoms with van der Waals surface area (Å²) >= 11 is 0. The van der Waals surface area contributed by atoms with Crippen molar-refractivity contribution in [2.75, 3.05) is 33.0 Å². The molecular formula is C48H87O9P. The molecule has 0 spiro atoms. The Kier molecular flexibility index (Phi) is 43.3. The van der Waals surface area contributed by atoms with E-state index in [9.17, 15) is 19.4 Å². The van der Waals surface area contributed by atoms with Crippen molar-refractivity contribution in [3.8, 4) is 0 Å². The van der Waals surface area contributed by atoms with E-state index < -0.39 is 39.2 Å². The van der Waals surface area contributed by atoms with Crippen molar-refractivity contribution in [2.45, 2.75) is 206 Å². The van der Waals surface area contributed by atoms with Crippen LogP contribution in [0.1, 0.15) is 194 Å². The molecule has 0 radical (unpaired) electrons. The van der Waals surface area contributed by atoms with Gasteiger partial charge >= 0.3 is 13.8 Å². The Hall–Kier alpha value is -1.84. The zero-order valence-corrected chi connectivity index (χ0v) is 37.9. The van der Waals surface area contributed by atoms with Gasteiger partial charge in [0.2, 0.25) is 0 Å². The van der Waals surface area contributed by atoms with Crippen LogP contribution in [0.2, 0.25) is 0 Å². The predicted octanol–water partition coefficient (Wildman–Crippen LogP) is 13.1. The highest BCUT2D eigenvalue weighted by atomic mass is 31.2. The fourth-order valence-corrected chi connectivity index (χ4v) is 7.00. The topological polar surface area (TPSA) is 132 Å². The van der Waals surface area contributed by atoms with E-state index in [4.69, 9.17) is 23.6 Å². The molecule has 0 aliphatic rings. The number of rotatable bonds is 44. The van der Waals surface area contributed by atoms with Crippen LogP contribution < -0.4 is 0 Å². The van der Waals surface area contributed by atoms with Crippen LogP contribution in [-0.2, 0) is 27.9 Å². The summed E-state index contributed by atoms with van der Waals surface area (Å²) in [6.07, 6.45) is 51.7. The van der Waals surface area contributed by atoms with Crippen LogP contribution in [0.5, 0.6) is 0 Å². The lowest BCUT2D eigenvalue weighted by Crippen LogP contribution is -2.29. The van der Waals surface area contributed by atoms with Crippen LogP contribution >= 0.6 is 7.82 Å². The Morgan fingerprint density at radius 3 is 1.48 bits per heavy atom. The summed E-state index contributed by atoms with van der Waals surface area (Å²) < 4.78 is 33.4. The van der Waals surface area contributed by atoms with Gasteiger partial charge in [-0.1, -0.05) is 190 Å². The lowest BCUT2D eigenvalue weighted by Gasteiger charge is -2.20. The third-order valence-electron chi connectivity index (χ3n) is 9.72. The second kappa shape index (κ2) is 44.7.